The van der Waals surface area contributed by atoms with E-state index in [-0.39, 0.29) is 0 Å². The topological polar surface area (TPSA) is 32.5 Å². The van der Waals surface area contributed by atoms with Crippen molar-refractivity contribution in [3.8, 4) is 0 Å². The third kappa shape index (κ3) is 4.87. The summed E-state index contributed by atoms with van der Waals surface area (Å²) < 4.78 is 0. The summed E-state index contributed by atoms with van der Waals surface area (Å²) in [7, 11) is 0. The molecule has 0 aliphatic carbocycles. The van der Waals surface area contributed by atoms with E-state index in [2.05, 4.69) is 9.80 Å². The molecule has 1 atom stereocenters. The monoisotopic (exact) mass is 253 g/mol. The molecular formula is C15H31N3. The standard InChI is InChI=1S/C15H31N3/c16-8-13-18-12-5-7-15(14-18)6-4-11-17-9-2-1-3-10-17/h15H,1-14,16H2. The molecule has 0 bridgehead atoms. The number of hydrogen-bond acceptors (Lipinski definition) is 3. The molecule has 3 heteroatoms. The fourth-order valence-corrected chi connectivity index (χ4v) is 3.56. The summed E-state index contributed by atoms with van der Waals surface area (Å²) in [6.45, 7) is 8.54. The molecule has 0 radical (unpaired) electrons. The first-order chi connectivity index (χ1) is 8.88. The Morgan fingerprint density at radius 1 is 0.889 bits per heavy atom. The molecule has 0 aromatic heterocycles. The summed E-state index contributed by atoms with van der Waals surface area (Å²) in [4.78, 5) is 5.24. The molecule has 2 rings (SSSR count). The lowest BCUT2D eigenvalue weighted by molar-refractivity contribution is 0.162. The van der Waals surface area contributed by atoms with Gasteiger partial charge in [-0.05, 0) is 70.6 Å². The Balaban J connectivity index is 1.57. The number of likely N-dealkylation sites (tertiary alicyclic amines) is 2. The van der Waals surface area contributed by atoms with Crippen LogP contribution in [0, 0.1) is 5.92 Å². The van der Waals surface area contributed by atoms with Gasteiger partial charge in [-0.3, -0.25) is 0 Å². The van der Waals surface area contributed by atoms with Crippen molar-refractivity contribution in [2.24, 2.45) is 11.7 Å². The highest BCUT2D eigenvalue weighted by Crippen LogP contribution is 2.21. The van der Waals surface area contributed by atoms with E-state index < -0.39 is 0 Å². The van der Waals surface area contributed by atoms with Gasteiger partial charge in [0.05, 0.1) is 0 Å². The van der Waals surface area contributed by atoms with E-state index in [0.717, 1.165) is 19.0 Å². The van der Waals surface area contributed by atoms with Gasteiger partial charge in [0, 0.05) is 19.6 Å². The lowest BCUT2D eigenvalue weighted by Crippen LogP contribution is -2.38. The van der Waals surface area contributed by atoms with Crippen LogP contribution in [0.2, 0.25) is 0 Å². The minimum Gasteiger partial charge on any atom is -0.329 e. The molecule has 106 valence electrons. The molecule has 0 aromatic carbocycles. The summed E-state index contributed by atoms with van der Waals surface area (Å²) >= 11 is 0. The Kier molecular flexibility index (Phi) is 6.46. The van der Waals surface area contributed by atoms with Crippen molar-refractivity contribution in [1.82, 2.24) is 9.80 Å². The maximum Gasteiger partial charge on any atom is 0.0105 e. The average molecular weight is 253 g/mol. The van der Waals surface area contributed by atoms with E-state index in [4.69, 9.17) is 5.73 Å². The van der Waals surface area contributed by atoms with Crippen LogP contribution in [0.5, 0.6) is 0 Å². The zero-order chi connectivity index (χ0) is 12.6. The second kappa shape index (κ2) is 8.13. The third-order valence-corrected chi connectivity index (χ3v) is 4.58. The molecule has 2 aliphatic rings. The fourth-order valence-electron chi connectivity index (χ4n) is 3.56. The van der Waals surface area contributed by atoms with Crippen LogP contribution in [0.3, 0.4) is 0 Å². The van der Waals surface area contributed by atoms with Gasteiger partial charge in [-0.25, -0.2) is 0 Å². The molecule has 18 heavy (non-hydrogen) atoms. The van der Waals surface area contributed by atoms with E-state index in [1.807, 2.05) is 0 Å². The van der Waals surface area contributed by atoms with Gasteiger partial charge in [0.2, 0.25) is 0 Å². The van der Waals surface area contributed by atoms with Crippen LogP contribution < -0.4 is 5.73 Å². The van der Waals surface area contributed by atoms with Crippen molar-refractivity contribution < 1.29 is 0 Å². The van der Waals surface area contributed by atoms with E-state index >= 15 is 0 Å². The number of piperidine rings is 2. The van der Waals surface area contributed by atoms with Crippen molar-refractivity contribution in [2.75, 3.05) is 45.8 Å². The molecule has 2 saturated heterocycles. The Bertz CT molecular complexity index is 212. The Morgan fingerprint density at radius 3 is 2.44 bits per heavy atom. The normalized spacial score (nSPS) is 27.5. The van der Waals surface area contributed by atoms with E-state index in [0.29, 0.717) is 0 Å². The second-order valence-electron chi connectivity index (χ2n) is 6.14. The van der Waals surface area contributed by atoms with Gasteiger partial charge in [0.25, 0.3) is 0 Å². The SMILES string of the molecule is NCCN1CCCC(CCCN2CCCCC2)C1. The highest BCUT2D eigenvalue weighted by Gasteiger charge is 2.19. The molecule has 0 saturated carbocycles. The smallest absolute Gasteiger partial charge is 0.0105 e. The van der Waals surface area contributed by atoms with E-state index in [1.54, 1.807) is 0 Å². The van der Waals surface area contributed by atoms with Crippen LogP contribution in [-0.4, -0.2) is 55.6 Å². The number of nitrogens with two attached hydrogens (primary N) is 1. The van der Waals surface area contributed by atoms with Crippen LogP contribution in [-0.2, 0) is 0 Å². The number of hydrogen-bond donors (Lipinski definition) is 1. The third-order valence-electron chi connectivity index (χ3n) is 4.58. The van der Waals surface area contributed by atoms with Gasteiger partial charge in [-0.1, -0.05) is 6.42 Å². The molecule has 2 fully saturated rings. The maximum atomic E-state index is 5.65. The van der Waals surface area contributed by atoms with Gasteiger partial charge >= 0.3 is 0 Å². The van der Waals surface area contributed by atoms with Crippen LogP contribution in [0.15, 0.2) is 0 Å². The first-order valence-electron chi connectivity index (χ1n) is 8.03. The molecule has 0 amide bonds. The quantitative estimate of drug-likeness (QED) is 0.785. The predicted octanol–water partition coefficient (Wildman–Crippen LogP) is 1.92. The van der Waals surface area contributed by atoms with Crippen LogP contribution in [0.1, 0.15) is 44.9 Å². The van der Waals surface area contributed by atoms with Crippen molar-refractivity contribution in [3.63, 3.8) is 0 Å². The van der Waals surface area contributed by atoms with Gasteiger partial charge in [0.15, 0.2) is 0 Å². The zero-order valence-electron chi connectivity index (χ0n) is 11.9. The predicted molar refractivity (Wildman–Crippen MR) is 77.7 cm³/mol. The van der Waals surface area contributed by atoms with E-state index in [1.165, 1.54) is 77.7 Å². The number of rotatable bonds is 6. The second-order valence-corrected chi connectivity index (χ2v) is 6.14. The molecule has 3 nitrogen and oxygen atoms in total. The minimum atomic E-state index is 0.820. The molecule has 0 aromatic rings. The number of nitrogens with zero attached hydrogens (tertiary/aromatic N) is 2. The van der Waals surface area contributed by atoms with Crippen LogP contribution in [0.25, 0.3) is 0 Å². The largest absolute Gasteiger partial charge is 0.329 e. The minimum absolute atomic E-state index is 0.820. The highest BCUT2D eigenvalue weighted by atomic mass is 15.1. The Labute approximate surface area is 113 Å². The Morgan fingerprint density at radius 2 is 1.67 bits per heavy atom. The molecular weight excluding hydrogens is 222 g/mol. The van der Waals surface area contributed by atoms with Crippen molar-refractivity contribution in [1.29, 1.82) is 0 Å². The zero-order valence-corrected chi connectivity index (χ0v) is 11.9. The van der Waals surface area contributed by atoms with Gasteiger partial charge in [-0.2, -0.15) is 0 Å². The molecule has 2 N–H and O–H groups in total. The van der Waals surface area contributed by atoms with E-state index in [9.17, 15) is 0 Å². The van der Waals surface area contributed by atoms with Crippen molar-refractivity contribution in [2.45, 2.75) is 44.9 Å². The fraction of sp³-hybridized carbons (Fsp3) is 1.00. The van der Waals surface area contributed by atoms with Gasteiger partial charge in [0.1, 0.15) is 0 Å². The lowest BCUT2D eigenvalue weighted by atomic mass is 9.93. The van der Waals surface area contributed by atoms with Gasteiger partial charge < -0.3 is 15.5 Å². The highest BCUT2D eigenvalue weighted by molar-refractivity contribution is 4.74. The van der Waals surface area contributed by atoms with Crippen molar-refractivity contribution in [3.05, 3.63) is 0 Å². The summed E-state index contributed by atoms with van der Waals surface area (Å²) in [5, 5.41) is 0. The lowest BCUT2D eigenvalue weighted by Gasteiger charge is -2.33. The summed E-state index contributed by atoms with van der Waals surface area (Å²) in [5.74, 6) is 0.940. The van der Waals surface area contributed by atoms with Crippen molar-refractivity contribution >= 4 is 0 Å². The maximum absolute atomic E-state index is 5.65. The molecule has 2 aliphatic heterocycles. The Hall–Kier alpha value is -0.120. The summed E-state index contributed by atoms with van der Waals surface area (Å²) in [5.41, 5.74) is 5.65. The van der Waals surface area contributed by atoms with Crippen LogP contribution >= 0.6 is 0 Å². The first kappa shape index (κ1) is 14.3. The summed E-state index contributed by atoms with van der Waals surface area (Å²) in [6.07, 6.45) is 9.96. The average Bonchev–Trinajstić information content (AvgIpc) is 2.41. The summed E-state index contributed by atoms with van der Waals surface area (Å²) in [6, 6.07) is 0. The first-order valence-corrected chi connectivity index (χ1v) is 8.03. The van der Waals surface area contributed by atoms with Crippen LogP contribution in [0.4, 0.5) is 0 Å². The molecule has 2 heterocycles. The molecule has 1 unspecified atom stereocenters. The molecule has 0 spiro atoms. The van der Waals surface area contributed by atoms with Gasteiger partial charge in [-0.15, -0.1) is 0 Å².